The van der Waals surface area contributed by atoms with Gasteiger partial charge in [-0.05, 0) is 26.7 Å². The summed E-state index contributed by atoms with van der Waals surface area (Å²) in [5.41, 5.74) is 0.898. The molecule has 0 aliphatic carbocycles. The number of amides is 1. The number of likely N-dealkylation sites (tertiary alicyclic amines) is 1. The van der Waals surface area contributed by atoms with Gasteiger partial charge in [0.25, 0.3) is 0 Å². The Bertz CT molecular complexity index is 634. The lowest BCUT2D eigenvalue weighted by atomic mass is 9.98. The molecule has 0 spiro atoms. The summed E-state index contributed by atoms with van der Waals surface area (Å²) in [7, 11) is 0. The van der Waals surface area contributed by atoms with E-state index in [4.69, 9.17) is 0 Å². The Kier molecular flexibility index (Phi) is 4.35. The molecule has 0 N–H and O–H groups in total. The highest BCUT2D eigenvalue weighted by Gasteiger charge is 2.26. The molecular formula is C15H19N3OS2. The van der Waals surface area contributed by atoms with Crippen LogP contribution in [0, 0.1) is 13.8 Å². The number of thiazole rings is 2. The zero-order chi connectivity index (χ0) is 14.8. The van der Waals surface area contributed by atoms with Crippen LogP contribution in [-0.2, 0) is 11.2 Å². The maximum atomic E-state index is 12.4. The number of rotatable bonds is 3. The van der Waals surface area contributed by atoms with Crippen molar-refractivity contribution in [3.63, 3.8) is 0 Å². The van der Waals surface area contributed by atoms with Crippen LogP contribution in [0.15, 0.2) is 11.6 Å². The summed E-state index contributed by atoms with van der Waals surface area (Å²) in [5.74, 6) is 0.594. The van der Waals surface area contributed by atoms with Crippen molar-refractivity contribution in [3.8, 4) is 0 Å². The lowest BCUT2D eigenvalue weighted by Gasteiger charge is -2.31. The first kappa shape index (κ1) is 14.7. The minimum atomic E-state index is 0.193. The van der Waals surface area contributed by atoms with Crippen molar-refractivity contribution >= 4 is 28.6 Å². The number of carbonyl (C=O) groups is 1. The molecular weight excluding hydrogens is 302 g/mol. The number of piperidine rings is 1. The lowest BCUT2D eigenvalue weighted by Crippen LogP contribution is -2.40. The van der Waals surface area contributed by atoms with Crippen LogP contribution in [0.4, 0.5) is 0 Å². The van der Waals surface area contributed by atoms with Crippen LogP contribution < -0.4 is 0 Å². The number of nitrogens with zero attached hydrogens (tertiary/aromatic N) is 3. The van der Waals surface area contributed by atoms with Crippen molar-refractivity contribution in [1.29, 1.82) is 0 Å². The van der Waals surface area contributed by atoms with Gasteiger partial charge in [0.1, 0.15) is 0 Å². The van der Waals surface area contributed by atoms with Crippen molar-refractivity contribution in [2.75, 3.05) is 13.1 Å². The Balaban J connectivity index is 1.64. The summed E-state index contributed by atoms with van der Waals surface area (Å²) in [6, 6.07) is 0. The minimum Gasteiger partial charge on any atom is -0.342 e. The molecule has 4 nitrogen and oxygen atoms in total. The normalized spacial score (nSPS) is 19.0. The average molecular weight is 321 g/mol. The van der Waals surface area contributed by atoms with Gasteiger partial charge in [0.2, 0.25) is 5.91 Å². The fourth-order valence-corrected chi connectivity index (χ4v) is 4.23. The molecule has 112 valence electrons. The zero-order valence-electron chi connectivity index (χ0n) is 12.3. The summed E-state index contributed by atoms with van der Waals surface area (Å²) in [4.78, 5) is 24.5. The summed E-state index contributed by atoms with van der Waals surface area (Å²) in [5, 5.41) is 4.18. The average Bonchev–Trinajstić information content (AvgIpc) is 3.08. The van der Waals surface area contributed by atoms with Crippen molar-refractivity contribution in [2.45, 2.75) is 39.0 Å². The molecule has 1 fully saturated rings. The Labute approximate surface area is 132 Å². The predicted molar refractivity (Wildman–Crippen MR) is 86.0 cm³/mol. The fraction of sp³-hybridized carbons (Fsp3) is 0.533. The number of hydrogen-bond acceptors (Lipinski definition) is 5. The molecule has 1 aliphatic rings. The molecule has 1 saturated heterocycles. The Morgan fingerprint density at radius 1 is 1.48 bits per heavy atom. The van der Waals surface area contributed by atoms with E-state index in [1.54, 1.807) is 22.7 Å². The molecule has 2 aromatic rings. The Hall–Kier alpha value is -1.27. The van der Waals surface area contributed by atoms with Crippen molar-refractivity contribution in [2.24, 2.45) is 0 Å². The number of aryl methyl sites for hydroxylation is 2. The monoisotopic (exact) mass is 321 g/mol. The molecule has 1 aliphatic heterocycles. The second-order valence-electron chi connectivity index (χ2n) is 5.52. The summed E-state index contributed by atoms with van der Waals surface area (Å²) < 4.78 is 0. The van der Waals surface area contributed by atoms with Gasteiger partial charge in [-0.25, -0.2) is 9.97 Å². The molecule has 0 aromatic carbocycles. The molecule has 0 bridgehead atoms. The zero-order valence-corrected chi connectivity index (χ0v) is 14.0. The van der Waals surface area contributed by atoms with Gasteiger partial charge in [-0.15, -0.1) is 22.7 Å². The van der Waals surface area contributed by atoms with Crippen LogP contribution in [0.25, 0.3) is 0 Å². The summed E-state index contributed by atoms with van der Waals surface area (Å²) in [6.45, 7) is 5.72. The quantitative estimate of drug-likeness (QED) is 0.872. The first-order valence-corrected chi connectivity index (χ1v) is 8.92. The van der Waals surface area contributed by atoms with E-state index in [0.717, 1.165) is 36.6 Å². The van der Waals surface area contributed by atoms with Gasteiger partial charge in [0.05, 0.1) is 22.1 Å². The third-order valence-corrected chi connectivity index (χ3v) is 5.66. The van der Waals surface area contributed by atoms with Crippen molar-refractivity contribution < 1.29 is 4.79 Å². The van der Waals surface area contributed by atoms with Gasteiger partial charge in [0.15, 0.2) is 0 Å². The maximum absolute atomic E-state index is 12.4. The van der Waals surface area contributed by atoms with E-state index in [2.05, 4.69) is 16.9 Å². The predicted octanol–water partition coefficient (Wildman–Crippen LogP) is 3.17. The van der Waals surface area contributed by atoms with E-state index in [1.165, 1.54) is 9.88 Å². The first-order valence-electron chi connectivity index (χ1n) is 7.23. The van der Waals surface area contributed by atoms with Crippen LogP contribution >= 0.6 is 22.7 Å². The van der Waals surface area contributed by atoms with E-state index in [0.29, 0.717) is 12.3 Å². The van der Waals surface area contributed by atoms with Crippen LogP contribution in [0.5, 0.6) is 0 Å². The Morgan fingerprint density at radius 2 is 2.33 bits per heavy atom. The van der Waals surface area contributed by atoms with E-state index < -0.39 is 0 Å². The van der Waals surface area contributed by atoms with Crippen LogP contribution in [0.3, 0.4) is 0 Å². The molecule has 0 unspecified atom stereocenters. The number of aromatic nitrogens is 2. The first-order chi connectivity index (χ1) is 10.1. The molecule has 2 aromatic heterocycles. The standard InChI is InChI=1S/C15H19N3OS2/c1-10-7-16-15(21-10)12-4-3-5-18(8-12)14(19)6-13-9-20-11(2)17-13/h7,9,12H,3-6,8H2,1-2H3/t12-/m1/s1. The van der Waals surface area contributed by atoms with Gasteiger partial charge in [0, 0.05) is 35.5 Å². The van der Waals surface area contributed by atoms with E-state index in [1.807, 2.05) is 23.4 Å². The molecule has 3 heterocycles. The number of carbonyl (C=O) groups excluding carboxylic acids is 1. The second-order valence-corrected chi connectivity index (χ2v) is 7.85. The third-order valence-electron chi connectivity index (χ3n) is 3.76. The van der Waals surface area contributed by atoms with Gasteiger partial charge >= 0.3 is 0 Å². The van der Waals surface area contributed by atoms with E-state index in [-0.39, 0.29) is 5.91 Å². The van der Waals surface area contributed by atoms with Crippen molar-refractivity contribution in [3.05, 3.63) is 32.2 Å². The van der Waals surface area contributed by atoms with Crippen molar-refractivity contribution in [1.82, 2.24) is 14.9 Å². The summed E-state index contributed by atoms with van der Waals surface area (Å²) in [6.07, 6.45) is 4.55. The fourth-order valence-electron chi connectivity index (χ4n) is 2.72. The van der Waals surface area contributed by atoms with E-state index in [9.17, 15) is 4.79 Å². The molecule has 6 heteroatoms. The highest BCUT2D eigenvalue weighted by Crippen LogP contribution is 2.30. The van der Waals surface area contributed by atoms with Crippen LogP contribution in [0.1, 0.15) is 39.3 Å². The molecule has 21 heavy (non-hydrogen) atoms. The summed E-state index contributed by atoms with van der Waals surface area (Å²) >= 11 is 3.36. The highest BCUT2D eigenvalue weighted by molar-refractivity contribution is 7.11. The highest BCUT2D eigenvalue weighted by atomic mass is 32.1. The molecule has 1 atom stereocenters. The van der Waals surface area contributed by atoms with Crippen LogP contribution in [0.2, 0.25) is 0 Å². The topological polar surface area (TPSA) is 46.1 Å². The van der Waals surface area contributed by atoms with Crippen LogP contribution in [-0.4, -0.2) is 33.9 Å². The minimum absolute atomic E-state index is 0.193. The molecule has 1 amide bonds. The maximum Gasteiger partial charge on any atom is 0.228 e. The van der Waals surface area contributed by atoms with Gasteiger partial charge < -0.3 is 4.90 Å². The van der Waals surface area contributed by atoms with Gasteiger partial charge in [-0.1, -0.05) is 0 Å². The molecule has 3 rings (SSSR count). The third kappa shape index (κ3) is 3.49. The molecule has 0 saturated carbocycles. The number of hydrogen-bond donors (Lipinski definition) is 0. The lowest BCUT2D eigenvalue weighted by molar-refractivity contribution is -0.131. The SMILES string of the molecule is Cc1cnc([C@@H]2CCCN(C(=O)Cc3csc(C)n3)C2)s1. The van der Waals surface area contributed by atoms with Gasteiger partial charge in [-0.3, -0.25) is 4.79 Å². The van der Waals surface area contributed by atoms with Gasteiger partial charge in [-0.2, -0.15) is 0 Å². The largest absolute Gasteiger partial charge is 0.342 e. The van der Waals surface area contributed by atoms with E-state index >= 15 is 0 Å². The smallest absolute Gasteiger partial charge is 0.228 e. The molecule has 0 radical (unpaired) electrons. The Morgan fingerprint density at radius 3 is 3.00 bits per heavy atom. The second kappa shape index (κ2) is 6.23.